The molecule has 1 amide bonds. The number of nitrogens with one attached hydrogen (secondary N) is 2. The molecule has 9 nitrogen and oxygen atoms in total. The molecule has 3 N–H and O–H groups in total. The Morgan fingerprint density at radius 3 is 2.41 bits per heavy atom. The van der Waals surface area contributed by atoms with Crippen LogP contribution in [0.25, 0.3) is 10.4 Å². The van der Waals surface area contributed by atoms with Crippen LogP contribution in [0.2, 0.25) is 0 Å². The lowest BCUT2D eigenvalue weighted by atomic mass is 10.0. The van der Waals surface area contributed by atoms with E-state index in [0.717, 1.165) is 16.9 Å². The quantitative estimate of drug-likeness (QED) is 0.190. The van der Waals surface area contributed by atoms with Crippen molar-refractivity contribution >= 4 is 44.6 Å². The van der Waals surface area contributed by atoms with E-state index in [1.165, 1.54) is 0 Å². The normalized spacial score (nSPS) is 13.8. The number of thiophene rings is 1. The van der Waals surface area contributed by atoms with Crippen molar-refractivity contribution < 1.29 is 27.9 Å². The lowest BCUT2D eigenvalue weighted by Gasteiger charge is -2.35. The summed E-state index contributed by atoms with van der Waals surface area (Å²) in [5, 5.41) is 16.1. The van der Waals surface area contributed by atoms with Crippen molar-refractivity contribution in [1.29, 1.82) is 0 Å². The maximum absolute atomic E-state index is 13.9. The number of hydrogen-bond donors (Lipinski definition) is 3. The Kier molecular flexibility index (Phi) is 9.68. The maximum Gasteiger partial charge on any atom is 0.349 e. The fourth-order valence-electron chi connectivity index (χ4n) is 5.40. The van der Waals surface area contributed by atoms with Crippen LogP contribution in [-0.2, 0) is 20.6 Å². The Morgan fingerprint density at radius 2 is 1.70 bits per heavy atom. The van der Waals surface area contributed by atoms with Crippen molar-refractivity contribution in [3.63, 3.8) is 0 Å². The highest BCUT2D eigenvalue weighted by Gasteiger charge is 2.32. The van der Waals surface area contributed by atoms with E-state index in [2.05, 4.69) is 10.6 Å². The summed E-state index contributed by atoms with van der Waals surface area (Å²) < 4.78 is 35.2. The van der Waals surface area contributed by atoms with Crippen LogP contribution in [0, 0.1) is 13.8 Å². The Balaban J connectivity index is 1.45. The van der Waals surface area contributed by atoms with Gasteiger partial charge in [-0.2, -0.15) is 0 Å². The molecule has 230 valence electrons. The molecule has 0 unspecified atom stereocenters. The fraction of sp³-hybridized carbons (Fsp3) is 0.273. The van der Waals surface area contributed by atoms with E-state index in [0.29, 0.717) is 58.9 Å². The summed E-state index contributed by atoms with van der Waals surface area (Å²) in [6, 6.07) is 23.4. The lowest BCUT2D eigenvalue weighted by Crippen LogP contribution is -2.46. The van der Waals surface area contributed by atoms with Crippen molar-refractivity contribution in [3.8, 4) is 16.2 Å². The smallest absolute Gasteiger partial charge is 0.349 e. The van der Waals surface area contributed by atoms with Gasteiger partial charge in [0.15, 0.2) is 11.5 Å². The van der Waals surface area contributed by atoms with Gasteiger partial charge in [-0.05, 0) is 74.7 Å². The molecule has 1 saturated heterocycles. The lowest BCUT2D eigenvalue weighted by molar-refractivity contribution is -0.118. The Bertz CT molecular complexity index is 1750. The number of rotatable bonds is 11. The number of sulfonamides is 1. The van der Waals surface area contributed by atoms with Gasteiger partial charge in [-0.15, -0.1) is 11.3 Å². The summed E-state index contributed by atoms with van der Waals surface area (Å²) in [6.07, 6.45) is 1.34. The molecule has 0 aliphatic carbocycles. The molecule has 1 fully saturated rings. The molecule has 11 heteroatoms. The minimum absolute atomic E-state index is 0.0292. The van der Waals surface area contributed by atoms with E-state index in [9.17, 15) is 23.1 Å². The third kappa shape index (κ3) is 7.12. The van der Waals surface area contributed by atoms with E-state index in [-0.39, 0.29) is 29.0 Å². The summed E-state index contributed by atoms with van der Waals surface area (Å²) in [7, 11) is -3.75. The van der Waals surface area contributed by atoms with Gasteiger partial charge < -0.3 is 20.5 Å². The predicted octanol–water partition coefficient (Wildman–Crippen LogP) is 5.84. The Labute approximate surface area is 261 Å². The average Bonchev–Trinajstić information content (AvgIpc) is 3.34. The molecule has 0 bridgehead atoms. The first-order valence-corrected chi connectivity index (χ1v) is 16.8. The number of aryl methyl sites for hydroxylation is 1. The number of benzene rings is 3. The first-order chi connectivity index (χ1) is 21.1. The molecule has 0 atom stereocenters. The first-order valence-electron chi connectivity index (χ1n) is 14.4. The number of carbonyl (C=O) groups excluding carboxylic acids is 1. The summed E-state index contributed by atoms with van der Waals surface area (Å²) in [5.41, 5.74) is 4.00. The molecule has 3 aromatic carbocycles. The number of anilines is 2. The number of nitrogens with zero attached hydrogens (tertiary/aromatic N) is 1. The zero-order valence-corrected chi connectivity index (χ0v) is 26.2. The van der Waals surface area contributed by atoms with Gasteiger partial charge in [-0.3, -0.25) is 9.10 Å². The third-order valence-electron chi connectivity index (χ3n) is 7.55. The number of aromatic carboxylic acids is 1. The topological polar surface area (TPSA) is 125 Å². The van der Waals surface area contributed by atoms with Crippen LogP contribution in [0.1, 0.15) is 39.2 Å². The number of piperidine rings is 1. The van der Waals surface area contributed by atoms with Crippen LogP contribution < -0.4 is 19.7 Å². The fourth-order valence-corrected chi connectivity index (χ4v) is 8.34. The van der Waals surface area contributed by atoms with Gasteiger partial charge in [0.2, 0.25) is 10.0 Å². The molecule has 44 heavy (non-hydrogen) atoms. The molecular formula is C33H35N3O6S2. The first kappa shape index (κ1) is 31.2. The number of para-hydroxylation sites is 1. The highest BCUT2D eigenvalue weighted by atomic mass is 32.2. The Hall–Kier alpha value is -4.19. The average molecular weight is 634 g/mol. The summed E-state index contributed by atoms with van der Waals surface area (Å²) in [6.45, 7) is 4.68. The standard InChI is InChI=1S/C33H35N3O6S2/c1-22-9-6-7-14-28(22)35-29(37)20-42-30-23(2)31(43-32(30)33(38)39)25-12-8-13-27(19-25)36(26-15-17-34-18-16-26)44(40,41)21-24-10-4-3-5-11-24/h3-14,19,26,34H,15-18,20-21H2,1-2H3,(H,35,37)(H,38,39). The molecule has 1 aliphatic rings. The predicted molar refractivity (Wildman–Crippen MR) is 174 cm³/mol. The second-order valence-corrected chi connectivity index (χ2v) is 13.6. The van der Waals surface area contributed by atoms with Crippen molar-refractivity contribution in [2.45, 2.75) is 38.5 Å². The molecule has 0 radical (unpaired) electrons. The highest BCUT2D eigenvalue weighted by molar-refractivity contribution is 7.92. The van der Waals surface area contributed by atoms with E-state index >= 15 is 0 Å². The molecule has 0 saturated carbocycles. The number of amides is 1. The molecule has 5 rings (SSSR count). The van der Waals surface area contributed by atoms with Gasteiger partial charge in [0.1, 0.15) is 5.75 Å². The number of ether oxygens (including phenoxy) is 1. The van der Waals surface area contributed by atoms with Gasteiger partial charge in [0, 0.05) is 22.2 Å². The van der Waals surface area contributed by atoms with Crippen molar-refractivity contribution in [3.05, 3.63) is 100 Å². The zero-order chi connectivity index (χ0) is 31.3. The molecule has 1 aliphatic heterocycles. The van der Waals surface area contributed by atoms with Crippen LogP contribution >= 0.6 is 11.3 Å². The molecule has 2 heterocycles. The van der Waals surface area contributed by atoms with Crippen LogP contribution in [0.5, 0.6) is 5.75 Å². The van der Waals surface area contributed by atoms with Crippen LogP contribution in [-0.4, -0.2) is 51.1 Å². The number of carbonyl (C=O) groups is 2. The van der Waals surface area contributed by atoms with Crippen molar-refractivity contribution in [2.75, 3.05) is 29.3 Å². The molecule has 4 aromatic rings. The highest BCUT2D eigenvalue weighted by Crippen LogP contribution is 2.43. The van der Waals surface area contributed by atoms with Crippen LogP contribution in [0.4, 0.5) is 11.4 Å². The number of carboxylic acid groups (broad SMARTS) is 1. The van der Waals surface area contributed by atoms with Gasteiger partial charge in [-0.1, -0.05) is 60.7 Å². The summed E-state index contributed by atoms with van der Waals surface area (Å²) in [4.78, 5) is 25.5. The van der Waals surface area contributed by atoms with E-state index in [4.69, 9.17) is 4.74 Å². The van der Waals surface area contributed by atoms with Crippen LogP contribution in [0.15, 0.2) is 78.9 Å². The minimum atomic E-state index is -3.75. The molecular weight excluding hydrogens is 599 g/mol. The SMILES string of the molecule is Cc1ccccc1NC(=O)COc1c(C(=O)O)sc(-c2cccc(N(C3CCNCC3)S(=O)(=O)Cc3ccccc3)c2)c1C. The Morgan fingerprint density at radius 1 is 1.00 bits per heavy atom. The molecule has 0 spiro atoms. The van der Waals surface area contributed by atoms with Crippen LogP contribution in [0.3, 0.4) is 0 Å². The second kappa shape index (κ2) is 13.6. The number of hydrogen-bond acceptors (Lipinski definition) is 7. The number of carboxylic acids is 1. The largest absolute Gasteiger partial charge is 0.482 e. The van der Waals surface area contributed by atoms with E-state index < -0.39 is 21.9 Å². The van der Waals surface area contributed by atoms with Gasteiger partial charge in [-0.25, -0.2) is 13.2 Å². The molecule has 1 aromatic heterocycles. The minimum Gasteiger partial charge on any atom is -0.482 e. The van der Waals surface area contributed by atoms with Gasteiger partial charge in [0.25, 0.3) is 5.91 Å². The summed E-state index contributed by atoms with van der Waals surface area (Å²) >= 11 is 1.04. The van der Waals surface area contributed by atoms with Crippen molar-refractivity contribution in [2.24, 2.45) is 0 Å². The maximum atomic E-state index is 13.9. The monoisotopic (exact) mass is 633 g/mol. The third-order valence-corrected chi connectivity index (χ3v) is 10.7. The van der Waals surface area contributed by atoms with E-state index in [1.54, 1.807) is 47.6 Å². The van der Waals surface area contributed by atoms with Gasteiger partial charge >= 0.3 is 5.97 Å². The van der Waals surface area contributed by atoms with Gasteiger partial charge in [0.05, 0.1) is 11.4 Å². The van der Waals surface area contributed by atoms with Crippen molar-refractivity contribution in [1.82, 2.24) is 5.32 Å². The zero-order valence-electron chi connectivity index (χ0n) is 24.6. The van der Waals surface area contributed by atoms with E-state index in [1.807, 2.05) is 49.4 Å². The summed E-state index contributed by atoms with van der Waals surface area (Å²) in [5.74, 6) is -1.59. The second-order valence-electron chi connectivity index (χ2n) is 10.7.